The lowest BCUT2D eigenvalue weighted by Gasteiger charge is -2.04. The van der Waals surface area contributed by atoms with E-state index in [9.17, 15) is 4.79 Å². The molecule has 1 aromatic carbocycles. The van der Waals surface area contributed by atoms with Crippen molar-refractivity contribution in [3.05, 3.63) is 51.6 Å². The molecule has 0 saturated heterocycles. The van der Waals surface area contributed by atoms with Crippen molar-refractivity contribution >= 4 is 39.7 Å². The summed E-state index contributed by atoms with van der Waals surface area (Å²) in [4.78, 5) is 19.2. The fourth-order valence-electron chi connectivity index (χ4n) is 2.39. The summed E-state index contributed by atoms with van der Waals surface area (Å²) in [5.74, 6) is 0.0610. The van der Waals surface area contributed by atoms with Gasteiger partial charge >= 0.3 is 0 Å². The molecule has 4 nitrogen and oxygen atoms in total. The quantitative estimate of drug-likeness (QED) is 0.724. The van der Waals surface area contributed by atoms with Crippen molar-refractivity contribution < 1.29 is 4.79 Å². The van der Waals surface area contributed by atoms with Crippen LogP contribution in [0.5, 0.6) is 0 Å². The van der Waals surface area contributed by atoms with Crippen molar-refractivity contribution in [2.45, 2.75) is 19.3 Å². The zero-order chi connectivity index (χ0) is 15.4. The van der Waals surface area contributed by atoms with Crippen LogP contribution in [-0.4, -0.2) is 22.4 Å². The highest BCUT2D eigenvalue weighted by Gasteiger charge is 2.06. The minimum Gasteiger partial charge on any atom is -0.361 e. The van der Waals surface area contributed by atoms with E-state index >= 15 is 0 Å². The van der Waals surface area contributed by atoms with Gasteiger partial charge in [-0.1, -0.05) is 11.6 Å². The van der Waals surface area contributed by atoms with Gasteiger partial charge in [0, 0.05) is 40.5 Å². The number of carbonyl (C=O) groups is 1. The summed E-state index contributed by atoms with van der Waals surface area (Å²) in [6.07, 6.45) is 3.92. The minimum atomic E-state index is 0.0610. The van der Waals surface area contributed by atoms with Gasteiger partial charge < -0.3 is 10.3 Å². The van der Waals surface area contributed by atoms with Crippen LogP contribution in [0.25, 0.3) is 10.9 Å². The van der Waals surface area contributed by atoms with Gasteiger partial charge in [0.05, 0.1) is 11.2 Å². The predicted octanol–water partition coefficient (Wildman–Crippen LogP) is 3.57. The Balaban J connectivity index is 1.49. The number of aromatic nitrogens is 2. The zero-order valence-corrected chi connectivity index (χ0v) is 13.5. The topological polar surface area (TPSA) is 57.8 Å². The minimum absolute atomic E-state index is 0.0610. The maximum Gasteiger partial charge on any atom is 0.220 e. The molecule has 6 heteroatoms. The number of halogens is 1. The van der Waals surface area contributed by atoms with E-state index in [1.54, 1.807) is 16.8 Å². The van der Waals surface area contributed by atoms with E-state index in [2.05, 4.69) is 15.3 Å². The van der Waals surface area contributed by atoms with Crippen molar-refractivity contribution in [1.29, 1.82) is 0 Å². The lowest BCUT2D eigenvalue weighted by molar-refractivity contribution is -0.121. The van der Waals surface area contributed by atoms with Crippen LogP contribution in [-0.2, 0) is 17.6 Å². The van der Waals surface area contributed by atoms with E-state index < -0.39 is 0 Å². The summed E-state index contributed by atoms with van der Waals surface area (Å²) in [5.41, 5.74) is 4.99. The summed E-state index contributed by atoms with van der Waals surface area (Å²) in [5, 5.41) is 6.77. The van der Waals surface area contributed by atoms with Crippen LogP contribution in [0, 0.1) is 0 Å². The Morgan fingerprint density at radius 1 is 1.36 bits per heavy atom. The third kappa shape index (κ3) is 3.67. The van der Waals surface area contributed by atoms with Crippen LogP contribution in [0.15, 0.2) is 35.3 Å². The van der Waals surface area contributed by atoms with Gasteiger partial charge in [-0.2, -0.15) is 0 Å². The number of hydrogen-bond acceptors (Lipinski definition) is 3. The molecule has 114 valence electrons. The maximum atomic E-state index is 11.8. The zero-order valence-electron chi connectivity index (χ0n) is 11.9. The Morgan fingerprint density at radius 3 is 3.09 bits per heavy atom. The van der Waals surface area contributed by atoms with Gasteiger partial charge in [-0.05, 0) is 36.6 Å². The molecular weight excluding hydrogens is 318 g/mol. The standard InChI is InChI=1S/C16H16ClN3OS/c17-12-1-3-15-14(7-12)11(8-19-15)5-6-18-16(21)4-2-13-9-22-10-20-13/h1,3,7-10,19H,2,4-6H2,(H,18,21). The van der Waals surface area contributed by atoms with Crippen molar-refractivity contribution in [3.63, 3.8) is 0 Å². The van der Waals surface area contributed by atoms with E-state index in [4.69, 9.17) is 11.6 Å². The van der Waals surface area contributed by atoms with Crippen LogP contribution in [0.3, 0.4) is 0 Å². The number of benzene rings is 1. The highest BCUT2D eigenvalue weighted by atomic mass is 35.5. The number of H-pyrrole nitrogens is 1. The predicted molar refractivity (Wildman–Crippen MR) is 90.5 cm³/mol. The van der Waals surface area contributed by atoms with Crippen LogP contribution in [0.2, 0.25) is 5.02 Å². The van der Waals surface area contributed by atoms with Gasteiger partial charge in [-0.3, -0.25) is 4.79 Å². The molecule has 22 heavy (non-hydrogen) atoms. The van der Waals surface area contributed by atoms with Gasteiger partial charge in [0.25, 0.3) is 0 Å². The van der Waals surface area contributed by atoms with Crippen LogP contribution in [0.4, 0.5) is 0 Å². The SMILES string of the molecule is O=C(CCc1cscn1)NCCc1c[nH]c2ccc(Cl)cc12. The van der Waals surface area contributed by atoms with Crippen LogP contribution < -0.4 is 5.32 Å². The van der Waals surface area contributed by atoms with Crippen LogP contribution in [0.1, 0.15) is 17.7 Å². The number of aryl methyl sites for hydroxylation is 1. The number of amides is 1. The average Bonchev–Trinajstić information content (AvgIpc) is 3.15. The Bertz CT molecular complexity index is 767. The number of nitrogens with zero attached hydrogens (tertiary/aromatic N) is 1. The molecule has 0 aliphatic carbocycles. The molecule has 2 N–H and O–H groups in total. The number of thiazole rings is 1. The van der Waals surface area contributed by atoms with E-state index in [-0.39, 0.29) is 5.91 Å². The highest BCUT2D eigenvalue weighted by Crippen LogP contribution is 2.22. The normalized spacial score (nSPS) is 11.0. The molecule has 0 fully saturated rings. The molecule has 0 bridgehead atoms. The summed E-state index contributed by atoms with van der Waals surface area (Å²) in [6.45, 7) is 0.620. The lowest BCUT2D eigenvalue weighted by atomic mass is 10.1. The van der Waals surface area contributed by atoms with Crippen molar-refractivity contribution in [3.8, 4) is 0 Å². The molecule has 1 amide bonds. The largest absolute Gasteiger partial charge is 0.361 e. The molecule has 2 heterocycles. The summed E-state index contributed by atoms with van der Waals surface area (Å²) >= 11 is 7.59. The second kappa shape index (κ2) is 6.94. The van der Waals surface area contributed by atoms with Gasteiger partial charge in [-0.15, -0.1) is 11.3 Å². The molecule has 0 spiro atoms. The van der Waals surface area contributed by atoms with Gasteiger partial charge in [0.1, 0.15) is 0 Å². The molecule has 2 aromatic heterocycles. The Kier molecular flexibility index (Phi) is 4.75. The Hall–Kier alpha value is -1.85. The Morgan fingerprint density at radius 2 is 2.27 bits per heavy atom. The van der Waals surface area contributed by atoms with Gasteiger partial charge in [0.2, 0.25) is 5.91 Å². The molecule has 0 unspecified atom stereocenters. The Labute approximate surface area is 137 Å². The van der Waals surface area contributed by atoms with E-state index in [1.165, 1.54) is 0 Å². The highest BCUT2D eigenvalue weighted by molar-refractivity contribution is 7.07. The van der Waals surface area contributed by atoms with Gasteiger partial charge in [-0.25, -0.2) is 4.98 Å². The van der Waals surface area contributed by atoms with E-state index in [0.717, 1.165) is 33.6 Å². The lowest BCUT2D eigenvalue weighted by Crippen LogP contribution is -2.25. The second-order valence-corrected chi connectivity index (χ2v) is 6.24. The van der Waals surface area contributed by atoms with Gasteiger partial charge in [0.15, 0.2) is 0 Å². The summed E-state index contributed by atoms with van der Waals surface area (Å²) in [7, 11) is 0. The third-order valence-electron chi connectivity index (χ3n) is 3.54. The number of nitrogens with one attached hydrogen (secondary N) is 2. The molecule has 0 atom stereocenters. The number of aromatic amines is 1. The first-order chi connectivity index (χ1) is 10.7. The van der Waals surface area contributed by atoms with Crippen molar-refractivity contribution in [1.82, 2.24) is 15.3 Å². The van der Waals surface area contributed by atoms with Crippen molar-refractivity contribution in [2.75, 3.05) is 6.54 Å². The molecular formula is C16H16ClN3OS. The second-order valence-electron chi connectivity index (χ2n) is 5.08. The van der Waals surface area contributed by atoms with Crippen LogP contribution >= 0.6 is 22.9 Å². The summed E-state index contributed by atoms with van der Waals surface area (Å²) < 4.78 is 0. The van der Waals surface area contributed by atoms with E-state index in [0.29, 0.717) is 19.4 Å². The fourth-order valence-corrected chi connectivity index (χ4v) is 3.15. The molecule has 0 radical (unpaired) electrons. The molecule has 0 aliphatic heterocycles. The number of rotatable bonds is 6. The average molecular weight is 334 g/mol. The first-order valence-corrected chi connectivity index (χ1v) is 8.44. The van der Waals surface area contributed by atoms with Crippen molar-refractivity contribution in [2.24, 2.45) is 0 Å². The first kappa shape index (κ1) is 15.1. The number of carbonyl (C=O) groups excluding carboxylic acids is 1. The maximum absolute atomic E-state index is 11.8. The smallest absolute Gasteiger partial charge is 0.220 e. The van der Waals surface area contributed by atoms with E-state index in [1.807, 2.05) is 29.8 Å². The first-order valence-electron chi connectivity index (χ1n) is 7.11. The monoisotopic (exact) mass is 333 g/mol. The fraction of sp³-hybridized carbons (Fsp3) is 0.250. The molecule has 0 aliphatic rings. The molecule has 0 saturated carbocycles. The number of fused-ring (bicyclic) bond motifs is 1. The third-order valence-corrected chi connectivity index (χ3v) is 4.41. The molecule has 3 aromatic rings. The summed E-state index contributed by atoms with van der Waals surface area (Å²) in [6, 6.07) is 5.78. The number of hydrogen-bond donors (Lipinski definition) is 2. The molecule has 3 rings (SSSR count).